The summed E-state index contributed by atoms with van der Waals surface area (Å²) in [7, 11) is 0. The molecule has 0 radical (unpaired) electrons. The summed E-state index contributed by atoms with van der Waals surface area (Å²) in [5.41, 5.74) is -0.515. The minimum Gasteiger partial charge on any atom is -0.481 e. The predicted octanol–water partition coefficient (Wildman–Crippen LogP) is 0.124. The molecule has 7 N–H and O–H groups in total. The molecule has 1 heterocycles. The van der Waals surface area contributed by atoms with E-state index in [-0.39, 0.29) is 37.1 Å². The maximum atomic E-state index is 13.2. The number of anilines is 1. The number of carbonyl (C=O) groups excluding carboxylic acids is 4. The van der Waals surface area contributed by atoms with E-state index in [1.165, 1.54) is 6.07 Å². The van der Waals surface area contributed by atoms with Crippen molar-refractivity contribution in [2.24, 2.45) is 0 Å². The highest BCUT2D eigenvalue weighted by Crippen LogP contribution is 2.23. The largest absolute Gasteiger partial charge is 0.481 e. The number of non-ortho nitro benzene ring substituents is 1. The maximum absolute atomic E-state index is 13.2. The number of nitrogens with zero attached hydrogens (tertiary/aromatic N) is 1. The molecule has 4 amide bonds. The van der Waals surface area contributed by atoms with Crippen LogP contribution in [0.3, 0.4) is 0 Å². The van der Waals surface area contributed by atoms with Crippen LogP contribution in [0.15, 0.2) is 18.2 Å². The number of amides is 4. The standard InChI is InChI=1S/C25H34N6O10/c1-2-3-4-5-17-24(38)30-19(23(37)27-13-21(34)35)10-11-26-16-7-6-14(31(40)41)12-15(16)22(36)28-18(25(39)29-17)8-9-20(32)33/h6-7,12,17-19,26H,2-5,8-11,13H2,1H3,(H,27,37)(H,28,36)(H,29,39)(H,30,38)(H,32,33)(H,34,35)/t17-,18-,19?/m0/s1. The van der Waals surface area contributed by atoms with E-state index in [1.54, 1.807) is 0 Å². The van der Waals surface area contributed by atoms with Crippen molar-refractivity contribution in [3.8, 4) is 0 Å². The van der Waals surface area contributed by atoms with E-state index in [0.29, 0.717) is 6.42 Å². The van der Waals surface area contributed by atoms with Crippen molar-refractivity contribution >= 4 is 46.9 Å². The van der Waals surface area contributed by atoms with Crippen molar-refractivity contribution < 1.29 is 43.9 Å². The monoisotopic (exact) mass is 578 g/mol. The van der Waals surface area contributed by atoms with Gasteiger partial charge in [0.1, 0.15) is 24.7 Å². The summed E-state index contributed by atoms with van der Waals surface area (Å²) >= 11 is 0. The molecule has 1 unspecified atom stereocenters. The number of aliphatic carboxylic acids is 2. The Hall–Kier alpha value is -4.76. The van der Waals surface area contributed by atoms with Gasteiger partial charge in [0.2, 0.25) is 17.7 Å². The van der Waals surface area contributed by atoms with Gasteiger partial charge in [-0.05, 0) is 25.3 Å². The van der Waals surface area contributed by atoms with Crippen LogP contribution < -0.4 is 26.6 Å². The van der Waals surface area contributed by atoms with Crippen LogP contribution in [-0.2, 0) is 24.0 Å². The Morgan fingerprint density at radius 3 is 2.32 bits per heavy atom. The normalized spacial score (nSPS) is 19.7. The van der Waals surface area contributed by atoms with E-state index in [1.807, 2.05) is 6.92 Å². The fourth-order valence-corrected chi connectivity index (χ4v) is 4.08. The van der Waals surface area contributed by atoms with Gasteiger partial charge in [-0.15, -0.1) is 0 Å². The van der Waals surface area contributed by atoms with Gasteiger partial charge in [-0.1, -0.05) is 26.2 Å². The highest BCUT2D eigenvalue weighted by Gasteiger charge is 2.31. The van der Waals surface area contributed by atoms with Crippen LogP contribution in [0.1, 0.15) is 62.2 Å². The summed E-state index contributed by atoms with van der Waals surface area (Å²) in [6.07, 6.45) is 1.30. The van der Waals surface area contributed by atoms with Crippen molar-refractivity contribution in [2.75, 3.05) is 18.4 Å². The van der Waals surface area contributed by atoms with Gasteiger partial charge in [-0.2, -0.15) is 0 Å². The van der Waals surface area contributed by atoms with Gasteiger partial charge >= 0.3 is 11.9 Å². The summed E-state index contributed by atoms with van der Waals surface area (Å²) in [4.78, 5) is 85.2. The molecule has 3 atom stereocenters. The van der Waals surface area contributed by atoms with Crippen LogP contribution in [0.5, 0.6) is 0 Å². The fourth-order valence-electron chi connectivity index (χ4n) is 4.08. The highest BCUT2D eigenvalue weighted by molar-refractivity contribution is 6.03. The third-order valence-electron chi connectivity index (χ3n) is 6.25. The van der Waals surface area contributed by atoms with E-state index < -0.39 is 77.3 Å². The SMILES string of the molecule is CCCCC[C@@H]1NC(=O)[C@H](CCC(=O)O)NC(=O)c2cc([N+](=O)[O-])ccc2NCCC(C(=O)NCC(=O)O)NC1=O. The summed E-state index contributed by atoms with van der Waals surface area (Å²) < 4.78 is 0. The number of carboxylic acid groups (broad SMARTS) is 2. The second kappa shape index (κ2) is 15.7. The smallest absolute Gasteiger partial charge is 0.322 e. The number of nitro benzene ring substituents is 1. The van der Waals surface area contributed by atoms with Crippen molar-refractivity contribution in [1.29, 1.82) is 0 Å². The molecule has 0 spiro atoms. The lowest BCUT2D eigenvalue weighted by atomic mass is 10.0. The van der Waals surface area contributed by atoms with Gasteiger partial charge in [-0.25, -0.2) is 0 Å². The summed E-state index contributed by atoms with van der Waals surface area (Å²) in [6.45, 7) is 1.20. The van der Waals surface area contributed by atoms with E-state index >= 15 is 0 Å². The molecule has 0 aliphatic carbocycles. The lowest BCUT2D eigenvalue weighted by Gasteiger charge is -2.26. The van der Waals surface area contributed by atoms with Crippen LogP contribution >= 0.6 is 0 Å². The molecule has 0 saturated heterocycles. The molecule has 0 fully saturated rings. The van der Waals surface area contributed by atoms with Gasteiger partial charge in [0, 0.05) is 30.8 Å². The topological polar surface area (TPSA) is 246 Å². The Balaban J connectivity index is 2.51. The maximum Gasteiger partial charge on any atom is 0.322 e. The summed E-state index contributed by atoms with van der Waals surface area (Å²) in [5, 5.41) is 42.0. The van der Waals surface area contributed by atoms with Crippen molar-refractivity contribution in [3.05, 3.63) is 33.9 Å². The van der Waals surface area contributed by atoms with Gasteiger partial charge in [0.15, 0.2) is 0 Å². The third kappa shape index (κ3) is 10.4. The first-order chi connectivity index (χ1) is 19.4. The average molecular weight is 579 g/mol. The fraction of sp³-hybridized carbons (Fsp3) is 0.520. The molecule has 1 aliphatic rings. The Morgan fingerprint density at radius 2 is 1.68 bits per heavy atom. The van der Waals surface area contributed by atoms with E-state index in [4.69, 9.17) is 10.2 Å². The number of nitro groups is 1. The Bertz CT molecular complexity index is 1170. The quantitative estimate of drug-likeness (QED) is 0.106. The molecule has 1 aromatic carbocycles. The Labute approximate surface area is 234 Å². The lowest BCUT2D eigenvalue weighted by Crippen LogP contribution is -2.57. The van der Waals surface area contributed by atoms with Gasteiger partial charge in [0.05, 0.1) is 10.5 Å². The number of rotatable bonds is 11. The first-order valence-corrected chi connectivity index (χ1v) is 13.1. The second-order valence-corrected chi connectivity index (χ2v) is 9.39. The van der Waals surface area contributed by atoms with Gasteiger partial charge < -0.3 is 36.8 Å². The van der Waals surface area contributed by atoms with Gasteiger partial charge in [-0.3, -0.25) is 38.9 Å². The number of carboxylic acids is 2. The first kappa shape index (κ1) is 32.5. The summed E-state index contributed by atoms with van der Waals surface area (Å²) in [5.74, 6) is -5.82. The molecular weight excluding hydrogens is 544 g/mol. The van der Waals surface area contributed by atoms with Crippen LogP contribution in [0.2, 0.25) is 0 Å². The van der Waals surface area contributed by atoms with Crippen molar-refractivity contribution in [2.45, 2.75) is 70.0 Å². The number of fused-ring (bicyclic) bond motifs is 1. The molecule has 16 heteroatoms. The van der Waals surface area contributed by atoms with E-state index in [9.17, 15) is 38.9 Å². The minimum absolute atomic E-state index is 0.0289. The summed E-state index contributed by atoms with van der Waals surface area (Å²) in [6, 6.07) is -0.422. The molecule has 0 bridgehead atoms. The Morgan fingerprint density at radius 1 is 1.00 bits per heavy atom. The number of hydrogen-bond acceptors (Lipinski definition) is 9. The number of hydrogen-bond donors (Lipinski definition) is 7. The van der Waals surface area contributed by atoms with Crippen LogP contribution in [0, 0.1) is 10.1 Å². The molecule has 0 saturated carbocycles. The average Bonchev–Trinajstić information content (AvgIpc) is 2.91. The first-order valence-electron chi connectivity index (χ1n) is 13.1. The van der Waals surface area contributed by atoms with Crippen molar-refractivity contribution in [3.63, 3.8) is 0 Å². The predicted molar refractivity (Wildman–Crippen MR) is 143 cm³/mol. The van der Waals surface area contributed by atoms with Crippen LogP contribution in [0.4, 0.5) is 11.4 Å². The highest BCUT2D eigenvalue weighted by atomic mass is 16.6. The lowest BCUT2D eigenvalue weighted by molar-refractivity contribution is -0.384. The number of carbonyl (C=O) groups is 6. The molecule has 41 heavy (non-hydrogen) atoms. The minimum atomic E-state index is -1.41. The van der Waals surface area contributed by atoms with Crippen LogP contribution in [-0.4, -0.2) is 81.9 Å². The van der Waals surface area contributed by atoms with E-state index in [0.717, 1.165) is 25.0 Å². The molecular formula is C25H34N6O10. The Kier molecular flexibility index (Phi) is 12.5. The zero-order chi connectivity index (χ0) is 30.5. The van der Waals surface area contributed by atoms with E-state index in [2.05, 4.69) is 26.6 Å². The molecule has 2 rings (SSSR count). The molecule has 224 valence electrons. The van der Waals surface area contributed by atoms with Crippen molar-refractivity contribution in [1.82, 2.24) is 21.3 Å². The van der Waals surface area contributed by atoms with Crippen LogP contribution in [0.25, 0.3) is 0 Å². The second-order valence-electron chi connectivity index (χ2n) is 9.39. The molecule has 1 aromatic rings. The van der Waals surface area contributed by atoms with Gasteiger partial charge in [0.25, 0.3) is 11.6 Å². The zero-order valence-electron chi connectivity index (χ0n) is 22.4. The number of nitrogens with one attached hydrogen (secondary N) is 5. The number of benzene rings is 1. The third-order valence-corrected chi connectivity index (χ3v) is 6.25. The number of unbranched alkanes of at least 4 members (excludes halogenated alkanes) is 2. The zero-order valence-corrected chi connectivity index (χ0v) is 22.4. The molecule has 16 nitrogen and oxygen atoms in total. The molecule has 0 aromatic heterocycles. The molecule has 1 aliphatic heterocycles.